The summed E-state index contributed by atoms with van der Waals surface area (Å²) in [6, 6.07) is 0.515. The summed E-state index contributed by atoms with van der Waals surface area (Å²) < 4.78 is 1.89. The van der Waals surface area contributed by atoms with Gasteiger partial charge in [-0.05, 0) is 31.7 Å². The van der Waals surface area contributed by atoms with Crippen LogP contribution in [0, 0.1) is 0 Å². The van der Waals surface area contributed by atoms with E-state index in [9.17, 15) is 0 Å². The number of aryl methyl sites for hydroxylation is 1. The third-order valence-electron chi connectivity index (χ3n) is 4.13. The van der Waals surface area contributed by atoms with Crippen LogP contribution in [-0.4, -0.2) is 40.4 Å². The van der Waals surface area contributed by atoms with Gasteiger partial charge in [0.2, 0.25) is 0 Å². The van der Waals surface area contributed by atoms with E-state index in [1.165, 1.54) is 38.9 Å². The van der Waals surface area contributed by atoms with Crippen molar-refractivity contribution in [3.05, 3.63) is 5.69 Å². The maximum Gasteiger partial charge on any atom is 0.148 e. The number of nitrogen functional groups attached to an aromatic ring is 1. The average Bonchev–Trinajstić information content (AvgIpc) is 2.69. The quantitative estimate of drug-likeness (QED) is 0.869. The topological polar surface area (TPSA) is 59.1 Å². The number of piperidine rings is 1. The second-order valence-corrected chi connectivity index (χ2v) is 6.19. The standard InChI is InChI=1S/C15H29N5/c1-5-8-20-9-6-12(7-10-20)17-15-13(16)14(11(2)3)18-19(15)4/h11-12,17H,5-10,16H2,1-4H3. The highest BCUT2D eigenvalue weighted by atomic mass is 15.3. The highest BCUT2D eigenvalue weighted by Gasteiger charge is 2.22. The summed E-state index contributed by atoms with van der Waals surface area (Å²) >= 11 is 0. The molecular formula is C15H29N5. The maximum absolute atomic E-state index is 6.24. The number of hydrogen-bond acceptors (Lipinski definition) is 4. The minimum absolute atomic E-state index is 0.364. The number of aromatic nitrogens is 2. The Morgan fingerprint density at radius 1 is 1.35 bits per heavy atom. The Bertz CT molecular complexity index is 430. The molecule has 1 saturated heterocycles. The Kier molecular flexibility index (Phi) is 4.91. The van der Waals surface area contributed by atoms with Crippen LogP contribution in [0.1, 0.15) is 51.6 Å². The fraction of sp³-hybridized carbons (Fsp3) is 0.800. The van der Waals surface area contributed by atoms with E-state index in [-0.39, 0.29) is 0 Å². The Balaban J connectivity index is 1.98. The van der Waals surface area contributed by atoms with Crippen molar-refractivity contribution in [3.8, 4) is 0 Å². The first-order chi connectivity index (χ1) is 9.52. The van der Waals surface area contributed by atoms with Gasteiger partial charge in [0, 0.05) is 26.2 Å². The highest BCUT2D eigenvalue weighted by molar-refractivity contribution is 5.66. The molecule has 0 spiro atoms. The minimum atomic E-state index is 0.364. The zero-order valence-electron chi connectivity index (χ0n) is 13.3. The first-order valence-corrected chi connectivity index (χ1v) is 7.84. The Labute approximate surface area is 122 Å². The summed E-state index contributed by atoms with van der Waals surface area (Å²) in [4.78, 5) is 2.55. The zero-order valence-corrected chi connectivity index (χ0v) is 13.3. The number of nitrogens with one attached hydrogen (secondary N) is 1. The fourth-order valence-corrected chi connectivity index (χ4v) is 2.97. The SMILES string of the molecule is CCCN1CCC(Nc2c(N)c(C(C)C)nn2C)CC1. The van der Waals surface area contributed by atoms with Crippen LogP contribution in [0.15, 0.2) is 0 Å². The Morgan fingerprint density at radius 2 is 2.00 bits per heavy atom. The molecule has 0 amide bonds. The van der Waals surface area contributed by atoms with Crippen LogP contribution >= 0.6 is 0 Å². The molecule has 5 heteroatoms. The van der Waals surface area contributed by atoms with E-state index in [1.807, 2.05) is 11.7 Å². The van der Waals surface area contributed by atoms with Gasteiger partial charge < -0.3 is 16.0 Å². The van der Waals surface area contributed by atoms with Crippen LogP contribution in [0.2, 0.25) is 0 Å². The molecular weight excluding hydrogens is 250 g/mol. The summed E-state index contributed by atoms with van der Waals surface area (Å²) in [5.74, 6) is 1.35. The molecule has 1 aromatic heterocycles. The van der Waals surface area contributed by atoms with Gasteiger partial charge in [-0.2, -0.15) is 5.10 Å². The molecule has 20 heavy (non-hydrogen) atoms. The van der Waals surface area contributed by atoms with Crippen LogP contribution < -0.4 is 11.1 Å². The summed E-state index contributed by atoms with van der Waals surface area (Å²) in [5, 5.41) is 8.14. The van der Waals surface area contributed by atoms with Gasteiger partial charge in [0.05, 0.1) is 11.4 Å². The number of nitrogens with zero attached hydrogens (tertiary/aromatic N) is 3. The van der Waals surface area contributed by atoms with Gasteiger partial charge in [0.15, 0.2) is 0 Å². The molecule has 2 rings (SSSR count). The monoisotopic (exact) mass is 279 g/mol. The number of hydrogen-bond donors (Lipinski definition) is 2. The molecule has 0 saturated carbocycles. The van der Waals surface area contributed by atoms with Crippen LogP contribution in [0.4, 0.5) is 11.5 Å². The number of anilines is 2. The normalized spacial score (nSPS) is 17.9. The van der Waals surface area contributed by atoms with E-state index < -0.39 is 0 Å². The van der Waals surface area contributed by atoms with E-state index in [1.54, 1.807) is 0 Å². The van der Waals surface area contributed by atoms with Gasteiger partial charge in [-0.25, -0.2) is 0 Å². The van der Waals surface area contributed by atoms with Crippen LogP contribution in [-0.2, 0) is 7.05 Å². The molecule has 1 aliphatic rings. The van der Waals surface area contributed by atoms with Gasteiger partial charge >= 0.3 is 0 Å². The third kappa shape index (κ3) is 3.26. The van der Waals surface area contributed by atoms with Crippen molar-refractivity contribution in [3.63, 3.8) is 0 Å². The molecule has 1 aromatic rings. The van der Waals surface area contributed by atoms with Crippen molar-refractivity contribution in [2.24, 2.45) is 7.05 Å². The second-order valence-electron chi connectivity index (χ2n) is 6.19. The van der Waals surface area contributed by atoms with Gasteiger partial charge in [-0.1, -0.05) is 20.8 Å². The van der Waals surface area contributed by atoms with Crippen molar-refractivity contribution >= 4 is 11.5 Å². The smallest absolute Gasteiger partial charge is 0.148 e. The molecule has 0 bridgehead atoms. The summed E-state index contributed by atoms with van der Waals surface area (Å²) in [6.07, 6.45) is 3.60. The number of rotatable bonds is 5. The highest BCUT2D eigenvalue weighted by Crippen LogP contribution is 2.29. The lowest BCUT2D eigenvalue weighted by atomic mass is 10.0. The van der Waals surface area contributed by atoms with E-state index in [4.69, 9.17) is 5.73 Å². The molecule has 114 valence electrons. The van der Waals surface area contributed by atoms with Crippen molar-refractivity contribution < 1.29 is 0 Å². The van der Waals surface area contributed by atoms with Crippen molar-refractivity contribution in [1.82, 2.24) is 14.7 Å². The van der Waals surface area contributed by atoms with E-state index in [2.05, 4.69) is 36.1 Å². The molecule has 0 unspecified atom stereocenters. The van der Waals surface area contributed by atoms with E-state index in [0.29, 0.717) is 12.0 Å². The fourth-order valence-electron chi connectivity index (χ4n) is 2.97. The predicted molar refractivity (Wildman–Crippen MR) is 85.1 cm³/mol. The lowest BCUT2D eigenvalue weighted by Gasteiger charge is -2.32. The van der Waals surface area contributed by atoms with Crippen molar-refractivity contribution in [1.29, 1.82) is 0 Å². The summed E-state index contributed by atoms with van der Waals surface area (Å²) in [5.41, 5.74) is 8.06. The molecule has 0 atom stereocenters. The zero-order chi connectivity index (χ0) is 14.7. The summed E-state index contributed by atoms with van der Waals surface area (Å²) in [6.45, 7) is 10.1. The maximum atomic E-state index is 6.24. The second kappa shape index (κ2) is 6.48. The van der Waals surface area contributed by atoms with Crippen LogP contribution in [0.3, 0.4) is 0 Å². The molecule has 0 radical (unpaired) electrons. The van der Waals surface area contributed by atoms with Gasteiger partial charge in [0.1, 0.15) is 5.82 Å². The largest absolute Gasteiger partial charge is 0.394 e. The first-order valence-electron chi connectivity index (χ1n) is 7.84. The molecule has 0 aromatic carbocycles. The van der Waals surface area contributed by atoms with Crippen LogP contribution in [0.25, 0.3) is 0 Å². The molecule has 5 nitrogen and oxygen atoms in total. The summed E-state index contributed by atoms with van der Waals surface area (Å²) in [7, 11) is 1.97. The van der Waals surface area contributed by atoms with Gasteiger partial charge in [-0.15, -0.1) is 0 Å². The van der Waals surface area contributed by atoms with Crippen molar-refractivity contribution in [2.75, 3.05) is 30.7 Å². The van der Waals surface area contributed by atoms with E-state index in [0.717, 1.165) is 17.2 Å². The Hall–Kier alpha value is -1.23. The minimum Gasteiger partial charge on any atom is -0.394 e. The molecule has 1 fully saturated rings. The van der Waals surface area contributed by atoms with Crippen LogP contribution in [0.5, 0.6) is 0 Å². The predicted octanol–water partition coefficient (Wildman–Crippen LogP) is 2.41. The molecule has 1 aliphatic heterocycles. The number of likely N-dealkylation sites (tertiary alicyclic amines) is 1. The third-order valence-corrected chi connectivity index (χ3v) is 4.13. The Morgan fingerprint density at radius 3 is 2.50 bits per heavy atom. The average molecular weight is 279 g/mol. The first kappa shape index (κ1) is 15.2. The number of nitrogens with two attached hydrogens (primary N) is 1. The molecule has 2 heterocycles. The lowest BCUT2D eigenvalue weighted by molar-refractivity contribution is 0.219. The van der Waals surface area contributed by atoms with Crippen molar-refractivity contribution in [2.45, 2.75) is 52.0 Å². The molecule has 3 N–H and O–H groups in total. The van der Waals surface area contributed by atoms with E-state index >= 15 is 0 Å². The van der Waals surface area contributed by atoms with Gasteiger partial charge in [0.25, 0.3) is 0 Å². The van der Waals surface area contributed by atoms with Gasteiger partial charge in [-0.3, -0.25) is 4.68 Å². The molecule has 0 aliphatic carbocycles. The lowest BCUT2D eigenvalue weighted by Crippen LogP contribution is -2.39.